The van der Waals surface area contributed by atoms with Crippen LogP contribution in [-0.4, -0.2) is 15.7 Å². The number of rotatable bonds is 4. The van der Waals surface area contributed by atoms with Crippen LogP contribution in [0.2, 0.25) is 5.02 Å². The lowest BCUT2D eigenvalue weighted by molar-refractivity contribution is 0.101. The van der Waals surface area contributed by atoms with Crippen molar-refractivity contribution >= 4 is 35.0 Å². The Balaban J connectivity index is 1.86. The summed E-state index contributed by atoms with van der Waals surface area (Å²) in [6, 6.07) is 17.7. The number of aromatic nitrogens is 2. The van der Waals surface area contributed by atoms with Gasteiger partial charge in [-0.2, -0.15) is 5.10 Å². The number of nitrogens with one attached hydrogen (secondary N) is 1. The highest BCUT2D eigenvalue weighted by Gasteiger charge is 2.19. The molecule has 0 saturated carbocycles. The van der Waals surface area contributed by atoms with Gasteiger partial charge in [0.05, 0.1) is 16.4 Å². The highest BCUT2D eigenvalue weighted by molar-refractivity contribution is 7.99. The predicted molar refractivity (Wildman–Crippen MR) is 97.9 cm³/mol. The molecule has 6 heteroatoms. The second-order valence-electron chi connectivity index (χ2n) is 5.24. The fraction of sp³-hybridized carbons (Fsp3) is 0.111. The van der Waals surface area contributed by atoms with Crippen LogP contribution in [0.25, 0.3) is 0 Å². The summed E-state index contributed by atoms with van der Waals surface area (Å²) in [6.45, 7) is 1.78. The van der Waals surface area contributed by atoms with Crippen LogP contribution < -0.4 is 5.32 Å². The number of carbonyl (C=O) groups excluding carboxylic acids is 1. The zero-order valence-electron chi connectivity index (χ0n) is 13.3. The molecule has 0 bridgehead atoms. The fourth-order valence-electron chi connectivity index (χ4n) is 2.33. The van der Waals surface area contributed by atoms with E-state index in [2.05, 4.69) is 10.4 Å². The van der Waals surface area contributed by atoms with Crippen molar-refractivity contribution < 1.29 is 4.79 Å². The molecule has 0 aliphatic carbocycles. The molecule has 1 aromatic heterocycles. The summed E-state index contributed by atoms with van der Waals surface area (Å²) in [4.78, 5) is 14.7. The second-order valence-corrected chi connectivity index (χ2v) is 6.73. The van der Waals surface area contributed by atoms with Gasteiger partial charge in [-0.05, 0) is 31.2 Å². The van der Waals surface area contributed by atoms with E-state index in [1.807, 2.05) is 54.6 Å². The highest BCUT2D eigenvalue weighted by atomic mass is 35.5. The number of anilines is 1. The SMILES string of the molecule is Cc1nn(C)c(C(=O)Nc2ccccc2Sc2ccccc2)c1Cl. The summed E-state index contributed by atoms with van der Waals surface area (Å²) in [6.07, 6.45) is 0. The lowest BCUT2D eigenvalue weighted by Gasteiger charge is -2.11. The maximum absolute atomic E-state index is 12.6. The van der Waals surface area contributed by atoms with Gasteiger partial charge in [0.2, 0.25) is 0 Å². The maximum atomic E-state index is 12.6. The van der Waals surface area contributed by atoms with E-state index in [0.29, 0.717) is 16.4 Å². The third kappa shape index (κ3) is 3.47. The summed E-state index contributed by atoms with van der Waals surface area (Å²) in [5.41, 5.74) is 1.73. The Hall–Kier alpha value is -2.24. The van der Waals surface area contributed by atoms with E-state index in [1.165, 1.54) is 4.68 Å². The van der Waals surface area contributed by atoms with E-state index >= 15 is 0 Å². The second kappa shape index (κ2) is 7.11. The van der Waals surface area contributed by atoms with Crippen molar-refractivity contribution in [3.63, 3.8) is 0 Å². The molecule has 0 aliphatic rings. The topological polar surface area (TPSA) is 46.9 Å². The molecule has 0 aliphatic heterocycles. The molecule has 3 aromatic rings. The van der Waals surface area contributed by atoms with Crippen LogP contribution in [0.3, 0.4) is 0 Å². The molecule has 0 unspecified atom stereocenters. The summed E-state index contributed by atoms with van der Waals surface area (Å²) in [7, 11) is 1.71. The molecule has 122 valence electrons. The smallest absolute Gasteiger partial charge is 0.275 e. The van der Waals surface area contributed by atoms with Crippen molar-refractivity contribution in [3.05, 3.63) is 71.0 Å². The average molecular weight is 358 g/mol. The molecule has 2 aromatic carbocycles. The first kappa shape index (κ1) is 16.6. The number of halogens is 1. The molecule has 1 heterocycles. The van der Waals surface area contributed by atoms with Gasteiger partial charge in [-0.1, -0.05) is 53.7 Å². The Bertz CT molecular complexity index is 877. The number of hydrogen-bond acceptors (Lipinski definition) is 3. The molecule has 0 fully saturated rings. The molecule has 0 radical (unpaired) electrons. The third-order valence-electron chi connectivity index (χ3n) is 3.47. The van der Waals surface area contributed by atoms with Gasteiger partial charge in [0.15, 0.2) is 0 Å². The van der Waals surface area contributed by atoms with Crippen molar-refractivity contribution in [3.8, 4) is 0 Å². The van der Waals surface area contributed by atoms with E-state index in [4.69, 9.17) is 11.6 Å². The molecule has 1 N–H and O–H groups in total. The molecule has 24 heavy (non-hydrogen) atoms. The first-order valence-electron chi connectivity index (χ1n) is 7.38. The zero-order chi connectivity index (χ0) is 17.1. The van der Waals surface area contributed by atoms with Gasteiger partial charge in [-0.25, -0.2) is 0 Å². The number of hydrogen-bond donors (Lipinski definition) is 1. The third-order valence-corrected chi connectivity index (χ3v) is 5.01. The Morgan fingerprint density at radius 3 is 2.46 bits per heavy atom. The van der Waals surface area contributed by atoms with Crippen LogP contribution in [0.5, 0.6) is 0 Å². The molecular weight excluding hydrogens is 342 g/mol. The molecule has 3 rings (SSSR count). The summed E-state index contributed by atoms with van der Waals surface area (Å²) in [5, 5.41) is 7.50. The first-order chi connectivity index (χ1) is 11.6. The van der Waals surface area contributed by atoms with Crippen LogP contribution in [0.15, 0.2) is 64.4 Å². The van der Waals surface area contributed by atoms with Crippen LogP contribution in [0.1, 0.15) is 16.2 Å². The summed E-state index contributed by atoms with van der Waals surface area (Å²) >= 11 is 7.79. The van der Waals surface area contributed by atoms with Crippen molar-refractivity contribution in [2.75, 3.05) is 5.32 Å². The molecule has 1 amide bonds. The molecule has 0 atom stereocenters. The monoisotopic (exact) mass is 357 g/mol. The zero-order valence-corrected chi connectivity index (χ0v) is 14.9. The molecule has 0 saturated heterocycles. The number of nitrogens with zero attached hydrogens (tertiary/aromatic N) is 2. The van der Waals surface area contributed by atoms with Gasteiger partial charge in [-0.3, -0.25) is 9.48 Å². The average Bonchev–Trinajstić information content (AvgIpc) is 2.83. The lowest BCUT2D eigenvalue weighted by atomic mass is 10.3. The number of aryl methyl sites for hydroxylation is 2. The Labute approximate surface area is 149 Å². The molecule has 0 spiro atoms. The predicted octanol–water partition coefficient (Wildman–Crippen LogP) is 4.79. The van der Waals surface area contributed by atoms with Gasteiger partial charge < -0.3 is 5.32 Å². The number of para-hydroxylation sites is 1. The summed E-state index contributed by atoms with van der Waals surface area (Å²) < 4.78 is 1.50. The van der Waals surface area contributed by atoms with Gasteiger partial charge >= 0.3 is 0 Å². The largest absolute Gasteiger partial charge is 0.320 e. The van der Waals surface area contributed by atoms with Gasteiger partial charge in [0.25, 0.3) is 5.91 Å². The van der Waals surface area contributed by atoms with Gasteiger partial charge in [0, 0.05) is 16.8 Å². The Kier molecular flexibility index (Phi) is 4.92. The van der Waals surface area contributed by atoms with E-state index in [-0.39, 0.29) is 5.91 Å². The normalized spacial score (nSPS) is 10.6. The van der Waals surface area contributed by atoms with Crippen molar-refractivity contribution in [1.82, 2.24) is 9.78 Å². The van der Waals surface area contributed by atoms with E-state index < -0.39 is 0 Å². The van der Waals surface area contributed by atoms with E-state index in [1.54, 1.807) is 25.7 Å². The van der Waals surface area contributed by atoms with Crippen LogP contribution in [0.4, 0.5) is 5.69 Å². The van der Waals surface area contributed by atoms with E-state index in [9.17, 15) is 4.79 Å². The summed E-state index contributed by atoms with van der Waals surface area (Å²) in [5.74, 6) is -0.274. The standard InChI is InChI=1S/C18H16ClN3OS/c1-12-16(19)17(22(2)21-12)18(23)20-14-10-6-7-11-15(14)24-13-8-4-3-5-9-13/h3-11H,1-2H3,(H,20,23). The quantitative estimate of drug-likeness (QED) is 0.730. The Morgan fingerprint density at radius 2 is 1.79 bits per heavy atom. The molecule has 4 nitrogen and oxygen atoms in total. The van der Waals surface area contributed by atoms with Crippen LogP contribution >= 0.6 is 23.4 Å². The van der Waals surface area contributed by atoms with E-state index in [0.717, 1.165) is 15.5 Å². The number of amides is 1. The minimum absolute atomic E-state index is 0.274. The lowest BCUT2D eigenvalue weighted by Crippen LogP contribution is -2.17. The highest BCUT2D eigenvalue weighted by Crippen LogP contribution is 2.33. The number of carbonyl (C=O) groups is 1. The molecular formula is C18H16ClN3OS. The van der Waals surface area contributed by atoms with Gasteiger partial charge in [0.1, 0.15) is 5.69 Å². The fourth-order valence-corrected chi connectivity index (χ4v) is 3.50. The maximum Gasteiger partial charge on any atom is 0.275 e. The van der Waals surface area contributed by atoms with Crippen LogP contribution in [-0.2, 0) is 7.05 Å². The first-order valence-corrected chi connectivity index (χ1v) is 8.58. The van der Waals surface area contributed by atoms with Gasteiger partial charge in [-0.15, -0.1) is 0 Å². The minimum atomic E-state index is -0.274. The van der Waals surface area contributed by atoms with Crippen molar-refractivity contribution in [2.45, 2.75) is 16.7 Å². The van der Waals surface area contributed by atoms with Crippen molar-refractivity contribution in [2.24, 2.45) is 7.05 Å². The Morgan fingerprint density at radius 1 is 1.12 bits per heavy atom. The van der Waals surface area contributed by atoms with Crippen LogP contribution in [0, 0.1) is 6.92 Å². The minimum Gasteiger partial charge on any atom is -0.320 e. The number of benzene rings is 2. The van der Waals surface area contributed by atoms with Crippen molar-refractivity contribution in [1.29, 1.82) is 0 Å².